The van der Waals surface area contributed by atoms with Crippen molar-refractivity contribution in [2.24, 2.45) is 11.8 Å². The molecule has 7 nitrogen and oxygen atoms in total. The third kappa shape index (κ3) is 5.59. The second kappa shape index (κ2) is 12.0. The zero-order valence-corrected chi connectivity index (χ0v) is 25.5. The molecule has 4 aromatic rings. The van der Waals surface area contributed by atoms with E-state index in [1.807, 2.05) is 42.5 Å². The summed E-state index contributed by atoms with van der Waals surface area (Å²) in [7, 11) is 0. The van der Waals surface area contributed by atoms with Gasteiger partial charge in [-0.2, -0.15) is 0 Å². The molecule has 7 rings (SSSR count). The minimum Gasteiger partial charge on any atom is -0.472 e. The van der Waals surface area contributed by atoms with Gasteiger partial charge in [0.2, 0.25) is 11.8 Å². The first kappa shape index (κ1) is 27.9. The number of pyridine rings is 2. The van der Waals surface area contributed by atoms with E-state index in [0.29, 0.717) is 46.9 Å². The minimum atomic E-state index is 0.263. The fourth-order valence-corrected chi connectivity index (χ4v) is 7.42. The fourth-order valence-electron chi connectivity index (χ4n) is 7.08. The van der Waals surface area contributed by atoms with E-state index >= 15 is 0 Å². The number of rotatable bonds is 7. The van der Waals surface area contributed by atoms with Crippen LogP contribution in [0.2, 0.25) is 10.2 Å². The third-order valence-corrected chi connectivity index (χ3v) is 9.68. The van der Waals surface area contributed by atoms with Crippen LogP contribution in [0.5, 0.6) is 5.88 Å². The van der Waals surface area contributed by atoms with E-state index in [1.165, 1.54) is 32.1 Å². The van der Waals surface area contributed by atoms with E-state index in [0.717, 1.165) is 60.0 Å². The summed E-state index contributed by atoms with van der Waals surface area (Å²) in [6.07, 6.45) is 10.3. The van der Waals surface area contributed by atoms with E-state index in [2.05, 4.69) is 21.4 Å². The van der Waals surface area contributed by atoms with Crippen molar-refractivity contribution in [3.8, 4) is 17.1 Å². The number of hydrogen-bond acceptors (Lipinski definition) is 6. The van der Waals surface area contributed by atoms with Gasteiger partial charge in [-0.25, -0.2) is 15.0 Å². The first-order valence-corrected chi connectivity index (χ1v) is 16.1. The van der Waals surface area contributed by atoms with Crippen molar-refractivity contribution in [2.45, 2.75) is 77.2 Å². The van der Waals surface area contributed by atoms with E-state index in [1.54, 1.807) is 6.20 Å². The molecule has 1 aliphatic heterocycles. The van der Waals surface area contributed by atoms with Gasteiger partial charge >= 0.3 is 0 Å². The molecule has 3 fully saturated rings. The molecule has 0 radical (unpaired) electrons. The Kier molecular flexibility index (Phi) is 7.99. The molecule has 9 heteroatoms. The van der Waals surface area contributed by atoms with Crippen LogP contribution in [-0.2, 0) is 17.9 Å². The van der Waals surface area contributed by atoms with E-state index < -0.39 is 0 Å². The van der Waals surface area contributed by atoms with Crippen molar-refractivity contribution >= 4 is 40.2 Å². The zero-order chi connectivity index (χ0) is 28.6. The van der Waals surface area contributed by atoms with Crippen LogP contribution in [-0.4, -0.2) is 44.8 Å². The second-order valence-corrected chi connectivity index (χ2v) is 13.0. The van der Waals surface area contributed by atoms with Gasteiger partial charge in [-0.1, -0.05) is 73.3 Å². The summed E-state index contributed by atoms with van der Waals surface area (Å²) in [6, 6.07) is 14.2. The van der Waals surface area contributed by atoms with Gasteiger partial charge in [0.05, 0.1) is 40.4 Å². The van der Waals surface area contributed by atoms with Crippen LogP contribution in [0.4, 0.5) is 5.95 Å². The monoisotopic (exact) mass is 605 g/mol. The maximum Gasteiger partial charge on any atom is 0.223 e. The number of halogens is 2. The highest BCUT2D eigenvalue weighted by molar-refractivity contribution is 6.31. The highest BCUT2D eigenvalue weighted by atomic mass is 35.5. The number of aromatic nitrogens is 4. The summed E-state index contributed by atoms with van der Waals surface area (Å²) in [4.78, 5) is 17.3. The van der Waals surface area contributed by atoms with Gasteiger partial charge in [-0.3, -0.25) is 0 Å². The highest BCUT2D eigenvalue weighted by Crippen LogP contribution is 2.41. The van der Waals surface area contributed by atoms with Crippen LogP contribution in [0.15, 0.2) is 48.7 Å². The third-order valence-electron chi connectivity index (χ3n) is 9.28. The lowest BCUT2D eigenvalue weighted by Crippen LogP contribution is -2.49. The molecule has 0 bridgehead atoms. The lowest BCUT2D eigenvalue weighted by molar-refractivity contribution is 0.0247. The predicted octanol–water partition coefficient (Wildman–Crippen LogP) is 7.96. The van der Waals surface area contributed by atoms with Crippen molar-refractivity contribution in [2.75, 3.05) is 18.1 Å². The predicted molar refractivity (Wildman–Crippen MR) is 167 cm³/mol. The molecule has 1 aromatic carbocycles. The van der Waals surface area contributed by atoms with E-state index in [-0.39, 0.29) is 6.10 Å². The molecular weight excluding hydrogens is 569 g/mol. The number of fused-ring (bicyclic) bond motifs is 2. The SMILES string of the molecule is CC1CCC(Cn2c(N3CCO[C@H]4CCC[C@@H]43)nc3cc(Cl)nc(-c4cc(Cl)cnc4OCc4ccccc4)c32)CC1. The van der Waals surface area contributed by atoms with E-state index in [4.69, 9.17) is 42.6 Å². The summed E-state index contributed by atoms with van der Waals surface area (Å²) in [5.41, 5.74) is 4.27. The highest BCUT2D eigenvalue weighted by Gasteiger charge is 2.39. The fraction of sp³-hybridized carbons (Fsp3) is 0.485. The van der Waals surface area contributed by atoms with Crippen molar-refractivity contribution in [3.05, 3.63) is 64.4 Å². The van der Waals surface area contributed by atoms with Gasteiger partial charge < -0.3 is 18.9 Å². The van der Waals surface area contributed by atoms with Crippen molar-refractivity contribution < 1.29 is 9.47 Å². The van der Waals surface area contributed by atoms with Gasteiger partial charge in [0.1, 0.15) is 17.5 Å². The second-order valence-electron chi connectivity index (χ2n) is 12.2. The number of ether oxygens (including phenoxy) is 2. The topological polar surface area (TPSA) is 65.3 Å². The average molecular weight is 607 g/mol. The number of benzene rings is 1. The summed E-state index contributed by atoms with van der Waals surface area (Å²) >= 11 is 13.2. The summed E-state index contributed by atoms with van der Waals surface area (Å²) in [5.74, 6) is 2.84. The van der Waals surface area contributed by atoms with Crippen molar-refractivity contribution in [1.29, 1.82) is 0 Å². The maximum atomic E-state index is 6.70. The van der Waals surface area contributed by atoms with Crippen molar-refractivity contribution in [3.63, 3.8) is 0 Å². The normalized spacial score (nSPS) is 24.2. The van der Waals surface area contributed by atoms with Crippen LogP contribution >= 0.6 is 23.2 Å². The van der Waals surface area contributed by atoms with E-state index in [9.17, 15) is 0 Å². The smallest absolute Gasteiger partial charge is 0.223 e. The number of nitrogens with zero attached hydrogens (tertiary/aromatic N) is 5. The Morgan fingerprint density at radius 3 is 2.67 bits per heavy atom. The average Bonchev–Trinajstić information content (AvgIpc) is 3.63. The molecule has 2 aliphatic carbocycles. The number of morpholine rings is 1. The lowest BCUT2D eigenvalue weighted by atomic mass is 9.83. The Morgan fingerprint density at radius 2 is 1.83 bits per heavy atom. The molecule has 4 heterocycles. The molecule has 2 saturated carbocycles. The molecule has 0 amide bonds. The molecule has 0 unspecified atom stereocenters. The van der Waals surface area contributed by atoms with Gasteiger partial charge in [0, 0.05) is 25.4 Å². The first-order chi connectivity index (χ1) is 20.5. The van der Waals surface area contributed by atoms with Crippen LogP contribution in [0.25, 0.3) is 22.3 Å². The summed E-state index contributed by atoms with van der Waals surface area (Å²) < 4.78 is 14.9. The molecule has 42 heavy (non-hydrogen) atoms. The molecule has 3 aliphatic rings. The molecule has 1 saturated heterocycles. The molecule has 0 spiro atoms. The summed E-state index contributed by atoms with van der Waals surface area (Å²) in [5, 5.41) is 0.899. The van der Waals surface area contributed by atoms with Crippen molar-refractivity contribution in [1.82, 2.24) is 19.5 Å². The Hall–Kier alpha value is -2.87. The standard InChI is InChI=1S/C33H37Cl2N5O2/c1-21-10-12-22(13-11-21)19-40-31-26(37-33(40)39-14-15-41-28-9-5-8-27(28)39)17-29(35)38-30(31)25-16-24(34)18-36-32(25)42-20-23-6-3-2-4-7-23/h2-4,6-7,16-18,21-22,27-28H,5,8-15,19-20H2,1H3/t21?,22?,27-,28-/m0/s1. The van der Waals surface area contributed by atoms with Gasteiger partial charge in [-0.15, -0.1) is 0 Å². The number of hydrogen-bond donors (Lipinski definition) is 0. The molecule has 220 valence electrons. The quantitative estimate of drug-likeness (QED) is 0.199. The van der Waals surface area contributed by atoms with Crippen LogP contribution in [0.1, 0.15) is 57.4 Å². The lowest BCUT2D eigenvalue weighted by Gasteiger charge is -2.39. The minimum absolute atomic E-state index is 0.263. The molecule has 0 N–H and O–H groups in total. The van der Waals surface area contributed by atoms with Gasteiger partial charge in [0.15, 0.2) is 0 Å². The van der Waals surface area contributed by atoms with Gasteiger partial charge in [-0.05, 0) is 55.6 Å². The molecule has 3 aromatic heterocycles. The summed E-state index contributed by atoms with van der Waals surface area (Å²) in [6.45, 7) is 5.18. The molecule has 2 atom stereocenters. The number of anilines is 1. The zero-order valence-electron chi connectivity index (χ0n) is 24.0. The molecular formula is C33H37Cl2N5O2. The Labute approximate surface area is 257 Å². The van der Waals surface area contributed by atoms with Crippen LogP contribution in [0, 0.1) is 11.8 Å². The van der Waals surface area contributed by atoms with Crippen LogP contribution < -0.4 is 9.64 Å². The Bertz CT molecular complexity index is 1550. The number of imidazole rings is 1. The largest absolute Gasteiger partial charge is 0.472 e. The Morgan fingerprint density at radius 1 is 1.00 bits per heavy atom. The van der Waals surface area contributed by atoms with Crippen LogP contribution in [0.3, 0.4) is 0 Å². The Balaban J connectivity index is 1.36. The maximum absolute atomic E-state index is 6.70. The first-order valence-electron chi connectivity index (χ1n) is 15.3. The van der Waals surface area contributed by atoms with Gasteiger partial charge in [0.25, 0.3) is 0 Å².